The first kappa shape index (κ1) is 17.3. The molecule has 0 aromatic heterocycles. The summed E-state index contributed by atoms with van der Waals surface area (Å²) < 4.78 is 11.5. The van der Waals surface area contributed by atoms with Crippen LogP contribution in [0, 0.1) is 0 Å². The number of likely N-dealkylation sites (N-methyl/N-ethyl adjacent to an activating group) is 1. The van der Waals surface area contributed by atoms with Gasteiger partial charge in [-0.1, -0.05) is 36.4 Å². The molecule has 0 fully saturated rings. The number of ether oxygens (including phenoxy) is 2. The highest BCUT2D eigenvalue weighted by atomic mass is 16.5. The van der Waals surface area contributed by atoms with Crippen LogP contribution in [0.3, 0.4) is 0 Å². The van der Waals surface area contributed by atoms with Crippen molar-refractivity contribution in [3.05, 3.63) is 59.7 Å². The second-order valence-corrected chi connectivity index (χ2v) is 5.96. The molecule has 3 N–H and O–H groups in total. The Labute approximate surface area is 139 Å². The first-order valence-electron chi connectivity index (χ1n) is 8.14. The number of hydrogen-bond acceptors (Lipinski definition) is 2. The van der Waals surface area contributed by atoms with Crippen LogP contribution in [0.2, 0.25) is 0 Å². The summed E-state index contributed by atoms with van der Waals surface area (Å²) in [4.78, 5) is 1.47. The first-order chi connectivity index (χ1) is 11.2. The predicted octanol–water partition coefficient (Wildman–Crippen LogP) is 0.482. The van der Waals surface area contributed by atoms with Gasteiger partial charge in [-0.2, -0.15) is 0 Å². The summed E-state index contributed by atoms with van der Waals surface area (Å²) in [6.45, 7) is 3.69. The molecule has 0 saturated heterocycles. The van der Waals surface area contributed by atoms with Gasteiger partial charge in [-0.3, -0.25) is 0 Å². The summed E-state index contributed by atoms with van der Waals surface area (Å²) >= 11 is 0. The average molecular weight is 316 g/mol. The van der Waals surface area contributed by atoms with Crippen molar-refractivity contribution in [2.24, 2.45) is 0 Å². The minimum Gasteiger partial charge on any atom is -0.493 e. The van der Waals surface area contributed by atoms with Gasteiger partial charge in [0.15, 0.2) is 11.5 Å². The summed E-state index contributed by atoms with van der Waals surface area (Å²) in [6.07, 6.45) is 0. The quantitative estimate of drug-likeness (QED) is 0.661. The Hall–Kier alpha value is -2.04. The van der Waals surface area contributed by atoms with Crippen molar-refractivity contribution in [2.45, 2.75) is 13.2 Å². The Morgan fingerprint density at radius 3 is 2.48 bits per heavy atom. The van der Waals surface area contributed by atoms with E-state index in [0.29, 0.717) is 6.61 Å². The van der Waals surface area contributed by atoms with Gasteiger partial charge in [0.25, 0.3) is 0 Å². The SMILES string of the molecule is COc1cccc(C[NH2+]CC[NH+](C)C)c1OCc1ccccc1. The predicted molar refractivity (Wildman–Crippen MR) is 91.9 cm³/mol. The molecule has 23 heavy (non-hydrogen) atoms. The van der Waals surface area contributed by atoms with Gasteiger partial charge < -0.3 is 19.7 Å². The third-order valence-electron chi connectivity index (χ3n) is 3.72. The zero-order chi connectivity index (χ0) is 16.5. The van der Waals surface area contributed by atoms with E-state index in [2.05, 4.69) is 37.6 Å². The van der Waals surface area contributed by atoms with Crippen LogP contribution < -0.4 is 19.7 Å². The first-order valence-corrected chi connectivity index (χ1v) is 8.14. The normalized spacial score (nSPS) is 10.8. The molecule has 4 nitrogen and oxygen atoms in total. The minimum absolute atomic E-state index is 0.552. The fourth-order valence-electron chi connectivity index (χ4n) is 2.42. The van der Waals surface area contributed by atoms with E-state index in [-0.39, 0.29) is 0 Å². The maximum absolute atomic E-state index is 6.07. The molecule has 0 amide bonds. The van der Waals surface area contributed by atoms with Crippen LogP contribution in [0.1, 0.15) is 11.1 Å². The third kappa shape index (κ3) is 5.58. The van der Waals surface area contributed by atoms with Gasteiger partial charge in [0, 0.05) is 0 Å². The number of quaternary nitrogens is 2. The monoisotopic (exact) mass is 316 g/mol. The van der Waals surface area contributed by atoms with Crippen molar-refractivity contribution < 1.29 is 19.7 Å². The number of benzene rings is 2. The molecule has 0 atom stereocenters. The van der Waals surface area contributed by atoms with Crippen LogP contribution in [0.5, 0.6) is 11.5 Å². The van der Waals surface area contributed by atoms with Gasteiger partial charge >= 0.3 is 0 Å². The number of rotatable bonds is 9. The fourth-order valence-corrected chi connectivity index (χ4v) is 2.42. The molecule has 124 valence electrons. The average Bonchev–Trinajstić information content (AvgIpc) is 2.57. The van der Waals surface area contributed by atoms with E-state index in [1.807, 2.05) is 30.3 Å². The lowest BCUT2D eigenvalue weighted by Gasteiger charge is -2.15. The summed E-state index contributed by atoms with van der Waals surface area (Å²) in [7, 11) is 6.04. The van der Waals surface area contributed by atoms with Gasteiger partial charge in [0.2, 0.25) is 0 Å². The van der Waals surface area contributed by atoms with Crippen molar-refractivity contribution in [2.75, 3.05) is 34.3 Å². The highest BCUT2D eigenvalue weighted by Gasteiger charge is 2.12. The molecule has 0 unspecified atom stereocenters. The minimum atomic E-state index is 0.552. The second kappa shape index (κ2) is 9.18. The van der Waals surface area contributed by atoms with E-state index in [0.717, 1.165) is 36.7 Å². The molecule has 0 saturated carbocycles. The molecule has 2 aromatic rings. The molecule has 4 heteroatoms. The number of para-hydroxylation sites is 1. The lowest BCUT2D eigenvalue weighted by atomic mass is 10.1. The van der Waals surface area contributed by atoms with Crippen LogP contribution >= 0.6 is 0 Å². The van der Waals surface area contributed by atoms with E-state index in [1.54, 1.807) is 7.11 Å². The second-order valence-electron chi connectivity index (χ2n) is 5.96. The van der Waals surface area contributed by atoms with Crippen molar-refractivity contribution in [3.8, 4) is 11.5 Å². The Morgan fingerprint density at radius 1 is 1.00 bits per heavy atom. The van der Waals surface area contributed by atoms with E-state index in [4.69, 9.17) is 9.47 Å². The van der Waals surface area contributed by atoms with Crippen LogP contribution in [-0.4, -0.2) is 34.3 Å². The Kier molecular flexibility index (Phi) is 6.91. The smallest absolute Gasteiger partial charge is 0.170 e. The highest BCUT2D eigenvalue weighted by molar-refractivity contribution is 5.46. The fraction of sp³-hybridized carbons (Fsp3) is 0.368. The molecule has 0 aliphatic rings. The Balaban J connectivity index is 2.03. The van der Waals surface area contributed by atoms with Gasteiger partial charge in [0.1, 0.15) is 26.2 Å². The summed E-state index contributed by atoms with van der Waals surface area (Å²) in [5.41, 5.74) is 2.33. The number of hydrogen-bond donors (Lipinski definition) is 2. The zero-order valence-corrected chi connectivity index (χ0v) is 14.3. The van der Waals surface area contributed by atoms with E-state index in [9.17, 15) is 0 Å². The maximum Gasteiger partial charge on any atom is 0.170 e. The van der Waals surface area contributed by atoms with Crippen molar-refractivity contribution in [3.63, 3.8) is 0 Å². The third-order valence-corrected chi connectivity index (χ3v) is 3.72. The molecule has 0 spiro atoms. The summed E-state index contributed by atoms with van der Waals surface area (Å²) in [5.74, 6) is 1.65. The van der Waals surface area contributed by atoms with Crippen molar-refractivity contribution in [1.29, 1.82) is 0 Å². The molecular weight excluding hydrogens is 288 g/mol. The van der Waals surface area contributed by atoms with E-state index < -0.39 is 0 Å². The van der Waals surface area contributed by atoms with Crippen LogP contribution in [0.15, 0.2) is 48.5 Å². The molecule has 0 bridgehead atoms. The van der Waals surface area contributed by atoms with Crippen molar-refractivity contribution >= 4 is 0 Å². The van der Waals surface area contributed by atoms with E-state index >= 15 is 0 Å². The molecular formula is C19H28N2O2+2. The number of nitrogens with two attached hydrogens (primary N) is 1. The lowest BCUT2D eigenvalue weighted by molar-refractivity contribution is -0.875. The summed E-state index contributed by atoms with van der Waals surface area (Å²) in [5, 5.41) is 2.32. The number of nitrogens with one attached hydrogen (secondary N) is 1. The molecule has 0 aliphatic heterocycles. The van der Waals surface area contributed by atoms with Gasteiger partial charge in [0.05, 0.1) is 26.8 Å². The lowest BCUT2D eigenvalue weighted by Crippen LogP contribution is -3.09. The molecule has 0 aliphatic carbocycles. The van der Waals surface area contributed by atoms with Crippen LogP contribution in [0.4, 0.5) is 0 Å². The zero-order valence-electron chi connectivity index (χ0n) is 14.3. The van der Waals surface area contributed by atoms with Gasteiger partial charge in [-0.15, -0.1) is 0 Å². The standard InChI is InChI=1S/C19H26N2O2/c1-21(2)13-12-20-14-17-10-7-11-18(22-3)19(17)23-15-16-8-5-4-6-9-16/h4-11,20H,12-15H2,1-3H3/p+2. The topological polar surface area (TPSA) is 39.5 Å². The summed E-state index contributed by atoms with van der Waals surface area (Å²) in [6, 6.07) is 16.3. The molecule has 0 radical (unpaired) electrons. The van der Waals surface area contributed by atoms with Crippen molar-refractivity contribution in [1.82, 2.24) is 0 Å². The number of methoxy groups -OCH3 is 1. The molecule has 2 rings (SSSR count). The van der Waals surface area contributed by atoms with Gasteiger partial charge in [-0.25, -0.2) is 0 Å². The van der Waals surface area contributed by atoms with E-state index in [1.165, 1.54) is 10.5 Å². The largest absolute Gasteiger partial charge is 0.493 e. The molecule has 2 aromatic carbocycles. The van der Waals surface area contributed by atoms with Crippen LogP contribution in [-0.2, 0) is 13.2 Å². The highest BCUT2D eigenvalue weighted by Crippen LogP contribution is 2.31. The van der Waals surface area contributed by atoms with Crippen LogP contribution in [0.25, 0.3) is 0 Å². The maximum atomic E-state index is 6.07. The Morgan fingerprint density at radius 2 is 1.78 bits per heavy atom. The Bertz CT molecular complexity index is 585. The molecule has 0 heterocycles. The van der Waals surface area contributed by atoms with Gasteiger partial charge in [-0.05, 0) is 17.7 Å².